The third kappa shape index (κ3) is 6.92. The molecule has 1 aromatic rings. The summed E-state index contributed by atoms with van der Waals surface area (Å²) in [6, 6.07) is 4.86. The summed E-state index contributed by atoms with van der Waals surface area (Å²) in [5.74, 6) is -0.377. The lowest BCUT2D eigenvalue weighted by molar-refractivity contribution is -0.155. The average molecular weight is 439 g/mol. The van der Waals surface area contributed by atoms with Crippen LogP contribution in [0.2, 0.25) is 5.02 Å². The van der Waals surface area contributed by atoms with Crippen LogP contribution in [0.4, 0.5) is 0 Å². The Kier molecular flexibility index (Phi) is 7.63. The molecule has 0 saturated heterocycles. The van der Waals surface area contributed by atoms with E-state index in [0.29, 0.717) is 10.6 Å². The summed E-state index contributed by atoms with van der Waals surface area (Å²) < 4.78 is 21.2. The number of rotatable bonds is 5. The van der Waals surface area contributed by atoms with Gasteiger partial charge in [-0.1, -0.05) is 33.6 Å². The predicted octanol–water partition coefficient (Wildman–Crippen LogP) is 4.93. The summed E-state index contributed by atoms with van der Waals surface area (Å²) in [4.78, 5) is 12.3. The summed E-state index contributed by atoms with van der Waals surface area (Å²) in [5, 5.41) is 0.497. The molecule has 2 atom stereocenters. The summed E-state index contributed by atoms with van der Waals surface area (Å²) in [6.45, 7) is 11.0. The lowest BCUT2D eigenvalue weighted by Gasteiger charge is -2.29. The molecule has 24 heavy (non-hydrogen) atoms. The molecule has 1 unspecified atom stereocenters. The van der Waals surface area contributed by atoms with Gasteiger partial charge in [-0.05, 0) is 53.7 Å². The van der Waals surface area contributed by atoms with E-state index in [9.17, 15) is 9.35 Å². The maximum atomic E-state index is 12.5. The van der Waals surface area contributed by atoms with Crippen LogP contribution in [0.1, 0.15) is 59.6 Å². The molecule has 0 aliphatic heterocycles. The van der Waals surface area contributed by atoms with Gasteiger partial charge in [0.1, 0.15) is 10.3 Å². The first kappa shape index (κ1) is 21.8. The summed E-state index contributed by atoms with van der Waals surface area (Å²) >= 11 is 8.42. The van der Waals surface area contributed by atoms with Crippen LogP contribution < -0.4 is 4.72 Å². The van der Waals surface area contributed by atoms with Crippen molar-refractivity contribution in [3.05, 3.63) is 33.3 Å². The third-order valence-electron chi connectivity index (χ3n) is 2.94. The van der Waals surface area contributed by atoms with Gasteiger partial charge in [0.2, 0.25) is 0 Å². The van der Waals surface area contributed by atoms with Crippen LogP contribution >= 0.6 is 27.5 Å². The molecule has 0 amide bonds. The fourth-order valence-corrected chi connectivity index (χ4v) is 3.78. The second-order valence-electron chi connectivity index (χ2n) is 7.48. The SMILES string of the molecule is CC(C)(C)OC(=O)C[C@@H](N[S+]([O-])C(C)(C)C)c1c(Cl)cccc1Br. The zero-order valence-electron chi connectivity index (χ0n) is 14.9. The van der Waals surface area contributed by atoms with E-state index >= 15 is 0 Å². The Labute approximate surface area is 161 Å². The molecule has 1 aromatic carbocycles. The van der Waals surface area contributed by atoms with Crippen molar-refractivity contribution in [1.82, 2.24) is 4.72 Å². The number of carbonyl (C=O) groups is 1. The van der Waals surface area contributed by atoms with Crippen LogP contribution in [-0.4, -0.2) is 20.9 Å². The molecule has 1 N–H and O–H groups in total. The third-order valence-corrected chi connectivity index (χ3v) is 5.58. The molecule has 0 aliphatic carbocycles. The smallest absolute Gasteiger partial charge is 0.308 e. The fourth-order valence-electron chi connectivity index (χ4n) is 1.90. The number of benzene rings is 1. The van der Waals surface area contributed by atoms with Crippen LogP contribution in [0.25, 0.3) is 0 Å². The van der Waals surface area contributed by atoms with Gasteiger partial charge < -0.3 is 9.29 Å². The lowest BCUT2D eigenvalue weighted by atomic mass is 10.0. The Balaban J connectivity index is 3.11. The van der Waals surface area contributed by atoms with E-state index < -0.39 is 27.8 Å². The van der Waals surface area contributed by atoms with Crippen molar-refractivity contribution in [1.29, 1.82) is 0 Å². The van der Waals surface area contributed by atoms with Gasteiger partial charge in [0, 0.05) is 26.4 Å². The van der Waals surface area contributed by atoms with E-state index in [1.165, 1.54) is 0 Å². The van der Waals surface area contributed by atoms with Crippen molar-refractivity contribution in [2.24, 2.45) is 0 Å². The van der Waals surface area contributed by atoms with Gasteiger partial charge in [-0.3, -0.25) is 4.79 Å². The van der Waals surface area contributed by atoms with Gasteiger partial charge in [0.25, 0.3) is 0 Å². The second kappa shape index (κ2) is 8.41. The summed E-state index contributed by atoms with van der Waals surface area (Å²) in [5.41, 5.74) is 0.116. The molecule has 0 radical (unpaired) electrons. The molecular weight excluding hydrogens is 414 g/mol. The molecule has 4 nitrogen and oxygen atoms in total. The zero-order chi connectivity index (χ0) is 18.7. The largest absolute Gasteiger partial charge is 0.598 e. The number of hydrogen-bond acceptors (Lipinski definition) is 4. The second-order valence-corrected chi connectivity index (χ2v) is 10.7. The summed E-state index contributed by atoms with van der Waals surface area (Å²) in [7, 11) is 0. The van der Waals surface area contributed by atoms with Gasteiger partial charge >= 0.3 is 5.97 Å². The molecule has 1 rings (SSSR count). The van der Waals surface area contributed by atoms with E-state index in [2.05, 4.69) is 20.7 Å². The Hall–Kier alpha value is -0.270. The minimum absolute atomic E-state index is 0.0292. The minimum atomic E-state index is -1.36. The monoisotopic (exact) mass is 437 g/mol. The number of hydrogen-bond donors (Lipinski definition) is 1. The molecule has 0 aromatic heterocycles. The number of ether oxygens (including phenoxy) is 1. The first-order chi connectivity index (χ1) is 10.8. The van der Waals surface area contributed by atoms with Crippen LogP contribution in [0.5, 0.6) is 0 Å². The van der Waals surface area contributed by atoms with Gasteiger partial charge in [-0.15, -0.1) is 4.72 Å². The van der Waals surface area contributed by atoms with Crippen molar-refractivity contribution in [2.75, 3.05) is 0 Å². The lowest BCUT2D eigenvalue weighted by Crippen LogP contribution is -2.42. The quantitative estimate of drug-likeness (QED) is 0.523. The Bertz CT molecular complexity index is 564. The Morgan fingerprint density at radius 3 is 2.38 bits per heavy atom. The normalized spacial score (nSPS) is 15.0. The van der Waals surface area contributed by atoms with E-state index in [1.807, 2.05) is 47.6 Å². The summed E-state index contributed by atoms with van der Waals surface area (Å²) in [6.07, 6.45) is 0.0292. The fraction of sp³-hybridized carbons (Fsp3) is 0.588. The highest BCUT2D eigenvalue weighted by Gasteiger charge is 2.33. The van der Waals surface area contributed by atoms with Crippen LogP contribution in [0, 0.1) is 0 Å². The highest BCUT2D eigenvalue weighted by atomic mass is 79.9. The van der Waals surface area contributed by atoms with Crippen molar-refractivity contribution < 1.29 is 14.1 Å². The molecule has 0 saturated carbocycles. The number of carbonyl (C=O) groups excluding carboxylic acids is 1. The Morgan fingerprint density at radius 1 is 1.33 bits per heavy atom. The van der Waals surface area contributed by atoms with E-state index in [4.69, 9.17) is 16.3 Å². The van der Waals surface area contributed by atoms with Crippen molar-refractivity contribution in [3.8, 4) is 0 Å². The van der Waals surface area contributed by atoms with Crippen molar-refractivity contribution in [2.45, 2.75) is 64.4 Å². The van der Waals surface area contributed by atoms with Crippen LogP contribution in [-0.2, 0) is 20.9 Å². The molecule has 0 fully saturated rings. The van der Waals surface area contributed by atoms with Gasteiger partial charge in [0.05, 0.1) is 12.5 Å². The highest BCUT2D eigenvalue weighted by molar-refractivity contribution is 9.10. The maximum Gasteiger partial charge on any atom is 0.308 e. The molecule has 0 aliphatic rings. The molecule has 0 spiro atoms. The van der Waals surface area contributed by atoms with Gasteiger partial charge in [-0.25, -0.2) is 0 Å². The van der Waals surface area contributed by atoms with Crippen LogP contribution in [0.15, 0.2) is 22.7 Å². The molecule has 0 bridgehead atoms. The molecular formula is C17H25BrClNO3S. The van der Waals surface area contributed by atoms with Crippen molar-refractivity contribution in [3.63, 3.8) is 0 Å². The van der Waals surface area contributed by atoms with Crippen LogP contribution in [0.3, 0.4) is 0 Å². The van der Waals surface area contributed by atoms with Gasteiger partial charge in [-0.2, -0.15) is 0 Å². The average Bonchev–Trinajstić information content (AvgIpc) is 2.34. The number of halogens is 2. The zero-order valence-corrected chi connectivity index (χ0v) is 18.1. The van der Waals surface area contributed by atoms with E-state index in [-0.39, 0.29) is 12.4 Å². The highest BCUT2D eigenvalue weighted by Crippen LogP contribution is 2.34. The maximum absolute atomic E-state index is 12.5. The topological polar surface area (TPSA) is 61.4 Å². The predicted molar refractivity (Wildman–Crippen MR) is 103 cm³/mol. The first-order valence-electron chi connectivity index (χ1n) is 7.65. The molecule has 7 heteroatoms. The Morgan fingerprint density at radius 2 is 1.92 bits per heavy atom. The van der Waals surface area contributed by atoms with E-state index in [0.717, 1.165) is 4.47 Å². The van der Waals surface area contributed by atoms with Crippen molar-refractivity contribution >= 4 is 44.9 Å². The van der Waals surface area contributed by atoms with Gasteiger partial charge in [0.15, 0.2) is 0 Å². The minimum Gasteiger partial charge on any atom is -0.598 e. The number of esters is 1. The molecule has 136 valence electrons. The van der Waals surface area contributed by atoms with E-state index in [1.54, 1.807) is 12.1 Å². The first-order valence-corrected chi connectivity index (χ1v) is 9.97. The standard InChI is InChI=1S/C17H25BrClNO3S/c1-16(2,3)23-14(21)10-13(20-24(22)17(4,5)6)15-11(18)8-7-9-12(15)19/h7-9,13,20H,10H2,1-6H3/t13-,24?/m1/s1. The number of nitrogens with one attached hydrogen (secondary N) is 1. The molecule has 0 heterocycles.